The van der Waals surface area contributed by atoms with E-state index in [4.69, 9.17) is 4.74 Å². The van der Waals surface area contributed by atoms with Crippen molar-refractivity contribution in [3.63, 3.8) is 0 Å². The first-order valence-electron chi connectivity index (χ1n) is 5.49. The van der Waals surface area contributed by atoms with Crippen LogP contribution in [0, 0.1) is 0 Å². The summed E-state index contributed by atoms with van der Waals surface area (Å²) in [5.41, 5.74) is 2.09. The first-order chi connectivity index (χ1) is 8.29. The monoisotopic (exact) mass is 233 g/mol. The van der Waals surface area contributed by atoms with E-state index >= 15 is 0 Å². The minimum absolute atomic E-state index is 0.0309. The van der Waals surface area contributed by atoms with Gasteiger partial charge in [-0.1, -0.05) is 12.1 Å². The van der Waals surface area contributed by atoms with Crippen molar-refractivity contribution in [2.24, 2.45) is 0 Å². The molecule has 1 aromatic carbocycles. The molecule has 90 valence electrons. The fraction of sp³-hybridized carbons (Fsp3) is 0.333. The predicted molar refractivity (Wildman–Crippen MR) is 64.4 cm³/mol. The molecule has 5 nitrogen and oxygen atoms in total. The van der Waals surface area contributed by atoms with Gasteiger partial charge in [0.25, 0.3) is 0 Å². The van der Waals surface area contributed by atoms with E-state index < -0.39 is 0 Å². The molecule has 17 heavy (non-hydrogen) atoms. The van der Waals surface area contributed by atoms with Gasteiger partial charge < -0.3 is 10.1 Å². The van der Waals surface area contributed by atoms with Crippen LogP contribution in [0.3, 0.4) is 0 Å². The van der Waals surface area contributed by atoms with Crippen molar-refractivity contribution in [3.8, 4) is 0 Å². The Balaban J connectivity index is 1.88. The van der Waals surface area contributed by atoms with Gasteiger partial charge >= 0.3 is 0 Å². The van der Waals surface area contributed by atoms with Crippen molar-refractivity contribution < 1.29 is 9.53 Å². The van der Waals surface area contributed by atoms with Crippen molar-refractivity contribution in [2.75, 3.05) is 6.61 Å². The number of nitrogens with zero attached hydrogens (tertiary/aromatic N) is 1. The Labute approximate surface area is 99.2 Å². The highest BCUT2D eigenvalue weighted by atomic mass is 16.5. The first-order valence-corrected chi connectivity index (χ1v) is 5.49. The van der Waals surface area contributed by atoms with Gasteiger partial charge in [-0.05, 0) is 18.6 Å². The van der Waals surface area contributed by atoms with Crippen LogP contribution >= 0.6 is 0 Å². The Hall–Kier alpha value is -1.88. The van der Waals surface area contributed by atoms with Gasteiger partial charge in [-0.25, -0.2) is 0 Å². The molecule has 2 rings (SSSR count). The van der Waals surface area contributed by atoms with Crippen molar-refractivity contribution >= 4 is 17.3 Å². The number of benzene rings is 1. The minimum atomic E-state index is 0.0309. The maximum absolute atomic E-state index is 10.2. The lowest BCUT2D eigenvalue weighted by atomic mass is 10.2. The summed E-state index contributed by atoms with van der Waals surface area (Å²) in [5.74, 6) is 0. The highest BCUT2D eigenvalue weighted by molar-refractivity contribution is 5.78. The van der Waals surface area contributed by atoms with Crippen molar-refractivity contribution in [1.82, 2.24) is 15.5 Å². The molecule has 2 aromatic rings. The van der Waals surface area contributed by atoms with Crippen LogP contribution in [0.1, 0.15) is 12.5 Å². The van der Waals surface area contributed by atoms with Gasteiger partial charge in [-0.2, -0.15) is 5.10 Å². The molecule has 0 aliphatic carbocycles. The maximum atomic E-state index is 10.2. The number of carbonyl (C=O) groups is 1. The summed E-state index contributed by atoms with van der Waals surface area (Å²) in [5, 5.41) is 10.6. The van der Waals surface area contributed by atoms with E-state index in [2.05, 4.69) is 15.5 Å². The molecule has 0 aliphatic rings. The molecule has 1 aromatic heterocycles. The van der Waals surface area contributed by atoms with Crippen LogP contribution in [-0.2, 0) is 16.1 Å². The van der Waals surface area contributed by atoms with Crippen LogP contribution < -0.4 is 5.32 Å². The summed E-state index contributed by atoms with van der Waals surface area (Å²) in [6.07, 6.45) is 2.47. The zero-order valence-electron chi connectivity index (χ0n) is 9.64. The number of hydrogen-bond acceptors (Lipinski definition) is 3. The van der Waals surface area contributed by atoms with Crippen LogP contribution in [0.5, 0.6) is 0 Å². The standard InChI is InChI=1S/C12H15N3O2/c1-9(13-8-16)6-17-7-10-2-3-11-5-14-15-12(11)4-10/h2-5,8-9H,6-7H2,1H3,(H,13,16)(H,14,15). The van der Waals surface area contributed by atoms with Gasteiger partial charge in [0.2, 0.25) is 6.41 Å². The number of ether oxygens (including phenoxy) is 1. The molecule has 1 unspecified atom stereocenters. The molecule has 0 fully saturated rings. The summed E-state index contributed by atoms with van der Waals surface area (Å²) < 4.78 is 5.50. The Morgan fingerprint density at radius 1 is 1.59 bits per heavy atom. The minimum Gasteiger partial charge on any atom is -0.375 e. The number of carbonyl (C=O) groups excluding carboxylic acids is 1. The van der Waals surface area contributed by atoms with Crippen LogP contribution in [0.15, 0.2) is 24.4 Å². The Morgan fingerprint density at radius 2 is 2.47 bits per heavy atom. The first kappa shape index (κ1) is 11.6. The fourth-order valence-corrected chi connectivity index (χ4v) is 1.59. The third-order valence-electron chi connectivity index (χ3n) is 2.50. The molecule has 1 amide bonds. The number of amides is 1. The smallest absolute Gasteiger partial charge is 0.207 e. The normalized spacial score (nSPS) is 12.5. The summed E-state index contributed by atoms with van der Waals surface area (Å²) in [7, 11) is 0. The van der Waals surface area contributed by atoms with Crippen LogP contribution in [0.2, 0.25) is 0 Å². The Bertz CT molecular complexity index is 495. The van der Waals surface area contributed by atoms with Crippen molar-refractivity contribution in [3.05, 3.63) is 30.0 Å². The second-order valence-corrected chi connectivity index (χ2v) is 3.99. The van der Waals surface area contributed by atoms with Crippen molar-refractivity contribution in [1.29, 1.82) is 0 Å². The fourth-order valence-electron chi connectivity index (χ4n) is 1.59. The molecule has 1 atom stereocenters. The van der Waals surface area contributed by atoms with Gasteiger partial charge in [0, 0.05) is 11.4 Å². The molecule has 0 saturated carbocycles. The molecular formula is C12H15N3O2. The Kier molecular flexibility index (Phi) is 3.72. The predicted octanol–water partition coefficient (Wildman–Crippen LogP) is 1.21. The van der Waals surface area contributed by atoms with E-state index in [1.807, 2.05) is 25.1 Å². The van der Waals surface area contributed by atoms with Gasteiger partial charge in [0.05, 0.1) is 24.9 Å². The highest BCUT2D eigenvalue weighted by Gasteiger charge is 2.01. The van der Waals surface area contributed by atoms with E-state index in [0.29, 0.717) is 19.6 Å². The zero-order chi connectivity index (χ0) is 12.1. The average molecular weight is 233 g/mol. The van der Waals surface area contributed by atoms with E-state index in [0.717, 1.165) is 16.5 Å². The highest BCUT2D eigenvalue weighted by Crippen LogP contribution is 2.13. The summed E-state index contributed by atoms with van der Waals surface area (Å²) in [6.45, 7) is 2.92. The topological polar surface area (TPSA) is 67.0 Å². The third kappa shape index (κ3) is 3.04. The number of hydrogen-bond donors (Lipinski definition) is 2. The third-order valence-corrected chi connectivity index (χ3v) is 2.50. The van der Waals surface area contributed by atoms with E-state index in [1.165, 1.54) is 0 Å². The SMILES string of the molecule is CC(COCc1ccc2cn[nH]c2c1)NC=O. The second kappa shape index (κ2) is 5.45. The number of fused-ring (bicyclic) bond motifs is 1. The zero-order valence-corrected chi connectivity index (χ0v) is 9.64. The van der Waals surface area contributed by atoms with Gasteiger partial charge in [0.1, 0.15) is 0 Å². The average Bonchev–Trinajstić information content (AvgIpc) is 2.76. The summed E-state index contributed by atoms with van der Waals surface area (Å²) in [4.78, 5) is 10.2. The van der Waals surface area contributed by atoms with Crippen LogP contribution in [-0.4, -0.2) is 29.3 Å². The molecule has 0 bridgehead atoms. The second-order valence-electron chi connectivity index (χ2n) is 3.99. The lowest BCUT2D eigenvalue weighted by molar-refractivity contribution is -0.110. The quantitative estimate of drug-likeness (QED) is 0.737. The number of aromatic nitrogens is 2. The van der Waals surface area contributed by atoms with Crippen molar-refractivity contribution in [2.45, 2.75) is 19.6 Å². The Morgan fingerprint density at radius 3 is 3.29 bits per heavy atom. The summed E-state index contributed by atoms with van der Waals surface area (Å²) in [6, 6.07) is 6.06. The summed E-state index contributed by atoms with van der Waals surface area (Å²) >= 11 is 0. The molecule has 5 heteroatoms. The van der Waals surface area contributed by atoms with E-state index in [-0.39, 0.29) is 6.04 Å². The van der Waals surface area contributed by atoms with Gasteiger partial charge in [-0.15, -0.1) is 0 Å². The molecular weight excluding hydrogens is 218 g/mol. The number of rotatable bonds is 6. The number of H-pyrrole nitrogens is 1. The molecule has 1 heterocycles. The number of aromatic amines is 1. The van der Waals surface area contributed by atoms with E-state index in [1.54, 1.807) is 6.20 Å². The van der Waals surface area contributed by atoms with Crippen LogP contribution in [0.4, 0.5) is 0 Å². The van der Waals surface area contributed by atoms with Crippen LogP contribution in [0.25, 0.3) is 10.9 Å². The van der Waals surface area contributed by atoms with E-state index in [9.17, 15) is 4.79 Å². The van der Waals surface area contributed by atoms with Gasteiger partial charge in [-0.3, -0.25) is 9.89 Å². The largest absolute Gasteiger partial charge is 0.375 e. The lowest BCUT2D eigenvalue weighted by Crippen LogP contribution is -2.29. The molecule has 0 radical (unpaired) electrons. The molecule has 2 N–H and O–H groups in total. The lowest BCUT2D eigenvalue weighted by Gasteiger charge is -2.10. The maximum Gasteiger partial charge on any atom is 0.207 e. The van der Waals surface area contributed by atoms with Gasteiger partial charge in [0.15, 0.2) is 0 Å². The molecule has 0 aliphatic heterocycles. The molecule has 0 saturated heterocycles. The molecule has 0 spiro atoms. The number of nitrogens with one attached hydrogen (secondary N) is 2.